The maximum atomic E-state index is 13.0. The van der Waals surface area contributed by atoms with Crippen LogP contribution in [0.5, 0.6) is 0 Å². The van der Waals surface area contributed by atoms with Gasteiger partial charge in [0.05, 0.1) is 11.3 Å². The van der Waals surface area contributed by atoms with Crippen LogP contribution in [0.2, 0.25) is 0 Å². The minimum Gasteiger partial charge on any atom is -0.324 e. The minimum absolute atomic E-state index is 0.182. The highest BCUT2D eigenvalue weighted by Gasteiger charge is 2.31. The zero-order valence-corrected chi connectivity index (χ0v) is 15.8. The Morgan fingerprint density at radius 3 is 2.65 bits per heavy atom. The summed E-state index contributed by atoms with van der Waals surface area (Å²) >= 11 is 4.52. The van der Waals surface area contributed by atoms with Crippen molar-refractivity contribution in [3.63, 3.8) is 0 Å². The van der Waals surface area contributed by atoms with Crippen molar-refractivity contribution in [2.75, 3.05) is 5.32 Å². The lowest BCUT2D eigenvalue weighted by Crippen LogP contribution is -2.06. The highest BCUT2D eigenvalue weighted by atomic mass is 79.9. The van der Waals surface area contributed by atoms with Gasteiger partial charge in [-0.05, 0) is 31.2 Å². The van der Waals surface area contributed by atoms with Gasteiger partial charge in [0.25, 0.3) is 0 Å². The van der Waals surface area contributed by atoms with Crippen LogP contribution in [0, 0.1) is 6.92 Å². The van der Waals surface area contributed by atoms with E-state index in [2.05, 4.69) is 42.8 Å². The number of hydrogen-bond donors (Lipinski definition) is 1. The van der Waals surface area contributed by atoms with Gasteiger partial charge in [-0.25, -0.2) is 15.0 Å². The number of aromatic nitrogens is 3. The van der Waals surface area contributed by atoms with Crippen molar-refractivity contribution in [3.8, 4) is 10.7 Å². The second-order valence-corrected chi connectivity index (χ2v) is 7.24. The largest absolute Gasteiger partial charge is 0.416 e. The van der Waals surface area contributed by atoms with Crippen LogP contribution in [0.15, 0.2) is 41.5 Å². The number of nitrogens with one attached hydrogen (secondary N) is 1. The fourth-order valence-corrected chi connectivity index (χ4v) is 3.58. The minimum atomic E-state index is -4.44. The fraction of sp³-hybridized carbons (Fsp3) is 0.118. The van der Waals surface area contributed by atoms with Crippen molar-refractivity contribution >= 4 is 45.0 Å². The summed E-state index contributed by atoms with van der Waals surface area (Å²) in [5, 5.41) is 3.50. The highest BCUT2D eigenvalue weighted by molar-refractivity contribution is 9.10. The third-order valence-electron chi connectivity index (χ3n) is 3.37. The van der Waals surface area contributed by atoms with E-state index in [1.54, 1.807) is 12.1 Å². The van der Waals surface area contributed by atoms with Crippen molar-refractivity contribution in [1.82, 2.24) is 15.0 Å². The van der Waals surface area contributed by atoms with E-state index in [-0.39, 0.29) is 11.6 Å². The number of rotatable bonds is 4. The van der Waals surface area contributed by atoms with Gasteiger partial charge in [0.2, 0.25) is 5.95 Å². The molecule has 0 unspecified atom stereocenters. The maximum Gasteiger partial charge on any atom is 0.416 e. The molecule has 26 heavy (non-hydrogen) atoms. The molecule has 0 fully saturated rings. The Hall–Kier alpha value is -2.26. The SMILES string of the molecule is C=Cc1sc(-c2ccnc(Nc3cc(Br)cc(C(F)(F)F)c3)n2)nc1C. The summed E-state index contributed by atoms with van der Waals surface area (Å²) in [5.74, 6) is 0.182. The van der Waals surface area contributed by atoms with Crippen molar-refractivity contribution in [2.24, 2.45) is 0 Å². The molecule has 0 aliphatic rings. The molecule has 0 spiro atoms. The molecule has 134 valence electrons. The zero-order chi connectivity index (χ0) is 18.9. The van der Waals surface area contributed by atoms with Crippen LogP contribution >= 0.6 is 27.3 Å². The second kappa shape index (κ2) is 7.16. The molecule has 0 atom stereocenters. The second-order valence-electron chi connectivity index (χ2n) is 5.29. The lowest BCUT2D eigenvalue weighted by atomic mass is 10.2. The summed E-state index contributed by atoms with van der Waals surface area (Å²) in [6.07, 6.45) is -1.20. The Bertz CT molecular complexity index is 969. The van der Waals surface area contributed by atoms with Crippen molar-refractivity contribution in [3.05, 3.63) is 57.6 Å². The molecule has 1 aromatic carbocycles. The first-order chi connectivity index (χ1) is 12.3. The monoisotopic (exact) mass is 440 g/mol. The normalized spacial score (nSPS) is 11.4. The maximum absolute atomic E-state index is 13.0. The number of alkyl halides is 3. The lowest BCUT2D eigenvalue weighted by molar-refractivity contribution is -0.137. The molecule has 3 rings (SSSR count). The van der Waals surface area contributed by atoms with E-state index in [1.165, 1.54) is 23.6 Å². The smallest absolute Gasteiger partial charge is 0.324 e. The van der Waals surface area contributed by atoms with E-state index in [0.29, 0.717) is 15.2 Å². The van der Waals surface area contributed by atoms with Crippen LogP contribution in [0.3, 0.4) is 0 Å². The Balaban J connectivity index is 1.92. The Morgan fingerprint density at radius 1 is 1.23 bits per heavy atom. The Morgan fingerprint density at radius 2 is 2.00 bits per heavy atom. The quantitative estimate of drug-likeness (QED) is 0.534. The molecule has 4 nitrogen and oxygen atoms in total. The standard InChI is InChI=1S/C17H12BrF3N4S/c1-3-14-9(2)23-15(26-14)13-4-5-22-16(25-13)24-12-7-10(17(19,20)21)6-11(18)8-12/h3-8H,1H2,2H3,(H,22,24,25). The Kier molecular flexibility index (Phi) is 5.10. The molecular weight excluding hydrogens is 429 g/mol. The number of anilines is 2. The van der Waals surface area contributed by atoms with E-state index in [9.17, 15) is 13.2 Å². The van der Waals surface area contributed by atoms with Crippen molar-refractivity contribution in [1.29, 1.82) is 0 Å². The number of hydrogen-bond acceptors (Lipinski definition) is 5. The third kappa shape index (κ3) is 4.10. The van der Waals surface area contributed by atoms with Crippen LogP contribution in [-0.2, 0) is 6.18 Å². The molecule has 2 aromatic heterocycles. The number of halogens is 4. The van der Waals surface area contributed by atoms with E-state index in [1.807, 2.05) is 6.92 Å². The number of aryl methyl sites for hydroxylation is 1. The molecule has 0 amide bonds. The van der Waals surface area contributed by atoms with Gasteiger partial charge < -0.3 is 5.32 Å². The lowest BCUT2D eigenvalue weighted by Gasteiger charge is -2.11. The van der Waals surface area contributed by atoms with Gasteiger partial charge in [-0.1, -0.05) is 28.6 Å². The van der Waals surface area contributed by atoms with Gasteiger partial charge in [-0.15, -0.1) is 11.3 Å². The first kappa shape index (κ1) is 18.5. The molecule has 1 N–H and O–H groups in total. The number of nitrogens with zero attached hydrogens (tertiary/aromatic N) is 3. The Labute approximate surface area is 160 Å². The van der Waals surface area contributed by atoms with Gasteiger partial charge in [-0.3, -0.25) is 0 Å². The van der Waals surface area contributed by atoms with Gasteiger partial charge in [0, 0.05) is 21.2 Å². The molecule has 0 saturated carbocycles. The average molecular weight is 441 g/mol. The van der Waals surface area contributed by atoms with Gasteiger partial charge in [0.1, 0.15) is 10.7 Å². The molecule has 3 aromatic rings. The van der Waals surface area contributed by atoms with Crippen LogP contribution in [0.25, 0.3) is 16.8 Å². The summed E-state index contributed by atoms with van der Waals surface area (Å²) in [6.45, 7) is 5.61. The van der Waals surface area contributed by atoms with Crippen LogP contribution in [-0.4, -0.2) is 15.0 Å². The van der Waals surface area contributed by atoms with E-state index < -0.39 is 11.7 Å². The summed E-state index contributed by atoms with van der Waals surface area (Å²) in [4.78, 5) is 13.8. The molecular formula is C17H12BrF3N4S. The molecule has 0 aliphatic heterocycles. The van der Waals surface area contributed by atoms with Gasteiger partial charge >= 0.3 is 6.18 Å². The van der Waals surface area contributed by atoms with E-state index >= 15 is 0 Å². The number of thiazole rings is 1. The molecule has 0 bridgehead atoms. The van der Waals surface area contributed by atoms with Crippen LogP contribution < -0.4 is 5.32 Å². The topological polar surface area (TPSA) is 50.7 Å². The predicted molar refractivity (Wildman–Crippen MR) is 100 cm³/mol. The van der Waals surface area contributed by atoms with E-state index in [0.717, 1.165) is 22.7 Å². The molecule has 0 saturated heterocycles. The zero-order valence-electron chi connectivity index (χ0n) is 13.4. The third-order valence-corrected chi connectivity index (χ3v) is 5.01. The van der Waals surface area contributed by atoms with Crippen LogP contribution in [0.4, 0.5) is 24.8 Å². The predicted octanol–water partition coefficient (Wildman–Crippen LogP) is 6.08. The summed E-state index contributed by atoms with van der Waals surface area (Å²) in [5.41, 5.74) is 0.882. The van der Waals surface area contributed by atoms with Crippen molar-refractivity contribution < 1.29 is 13.2 Å². The molecule has 2 heterocycles. The van der Waals surface area contributed by atoms with Crippen LogP contribution in [0.1, 0.15) is 16.1 Å². The van der Waals surface area contributed by atoms with Gasteiger partial charge in [-0.2, -0.15) is 13.2 Å². The van der Waals surface area contributed by atoms with Gasteiger partial charge in [0.15, 0.2) is 0 Å². The first-order valence-electron chi connectivity index (χ1n) is 7.34. The highest BCUT2D eigenvalue weighted by Crippen LogP contribution is 2.34. The average Bonchev–Trinajstić information content (AvgIpc) is 2.95. The summed E-state index contributed by atoms with van der Waals surface area (Å²) in [6, 6.07) is 5.23. The summed E-state index contributed by atoms with van der Waals surface area (Å²) in [7, 11) is 0. The number of benzene rings is 1. The van der Waals surface area contributed by atoms with E-state index in [4.69, 9.17) is 0 Å². The fourth-order valence-electron chi connectivity index (χ4n) is 2.20. The first-order valence-corrected chi connectivity index (χ1v) is 8.95. The summed E-state index contributed by atoms with van der Waals surface area (Å²) < 4.78 is 39.2. The molecule has 0 radical (unpaired) electrons. The molecule has 9 heteroatoms. The molecule has 0 aliphatic carbocycles. The van der Waals surface area contributed by atoms with Crippen molar-refractivity contribution in [2.45, 2.75) is 13.1 Å².